The van der Waals surface area contributed by atoms with Gasteiger partial charge in [0.05, 0.1) is 13.2 Å². The number of allylic oxidation sites excluding steroid dienone is 8. The molecule has 1 rings (SSSR count). The molecule has 1 aliphatic rings. The summed E-state index contributed by atoms with van der Waals surface area (Å²) in [6.45, 7) is 3.29. The van der Waals surface area contributed by atoms with Crippen molar-refractivity contribution in [1.29, 1.82) is 0 Å². The first-order chi connectivity index (χ1) is 28.8. The van der Waals surface area contributed by atoms with Crippen LogP contribution in [-0.2, 0) is 28.5 Å². The van der Waals surface area contributed by atoms with Gasteiger partial charge >= 0.3 is 11.9 Å². The van der Waals surface area contributed by atoms with Gasteiger partial charge in [-0.2, -0.15) is 0 Å². The highest BCUT2D eigenvalue weighted by Crippen LogP contribution is 2.23. The van der Waals surface area contributed by atoms with Crippen molar-refractivity contribution in [3.63, 3.8) is 0 Å². The van der Waals surface area contributed by atoms with Gasteiger partial charge in [-0.15, -0.1) is 0 Å². The van der Waals surface area contributed by atoms with Crippen molar-refractivity contribution in [3.8, 4) is 0 Å². The Labute approximate surface area is 358 Å². The lowest BCUT2D eigenvalue weighted by Gasteiger charge is -2.39. The molecule has 0 spiro atoms. The van der Waals surface area contributed by atoms with Crippen LogP contribution in [0.5, 0.6) is 0 Å². The Balaban J connectivity index is 2.30. The van der Waals surface area contributed by atoms with Crippen LogP contribution in [-0.4, -0.2) is 89.0 Å². The van der Waals surface area contributed by atoms with Crippen molar-refractivity contribution in [2.45, 2.75) is 230 Å². The highest BCUT2D eigenvalue weighted by molar-refractivity contribution is 5.70. The summed E-state index contributed by atoms with van der Waals surface area (Å²) in [5.74, 6) is -0.827. The van der Waals surface area contributed by atoms with Gasteiger partial charge in [0.2, 0.25) is 0 Å². The number of esters is 2. The van der Waals surface area contributed by atoms with Crippen molar-refractivity contribution in [1.82, 2.24) is 0 Å². The molecular formula is C49H86O10. The average Bonchev–Trinajstić information content (AvgIpc) is 3.23. The van der Waals surface area contributed by atoms with Gasteiger partial charge in [-0.05, 0) is 70.6 Å². The molecule has 0 aromatic heterocycles. The van der Waals surface area contributed by atoms with Crippen LogP contribution in [0.4, 0.5) is 0 Å². The minimum atomic E-state index is -1.60. The molecule has 0 aromatic rings. The first kappa shape index (κ1) is 54.7. The Hall–Kier alpha value is -2.34. The third-order valence-corrected chi connectivity index (χ3v) is 10.7. The SMILES string of the molecule is CC/C=C/C/C=C/C/C=C/CCCCCCCC(=O)O[C@@H](COC(=O)CCCCCCCCCCC/C=C/CCCCCCCC)CO[C@H]1O[C@@H](CO)[C@@H](O)C(O)C1O. The van der Waals surface area contributed by atoms with Crippen molar-refractivity contribution in [3.05, 3.63) is 48.6 Å². The minimum absolute atomic E-state index is 0.209. The van der Waals surface area contributed by atoms with E-state index in [0.29, 0.717) is 6.42 Å². The van der Waals surface area contributed by atoms with E-state index in [-0.39, 0.29) is 32.0 Å². The third kappa shape index (κ3) is 31.2. The first-order valence-corrected chi connectivity index (χ1v) is 23.7. The van der Waals surface area contributed by atoms with E-state index in [1.54, 1.807) is 0 Å². The van der Waals surface area contributed by atoms with Gasteiger partial charge < -0.3 is 39.4 Å². The van der Waals surface area contributed by atoms with E-state index in [2.05, 4.69) is 62.5 Å². The summed E-state index contributed by atoms with van der Waals surface area (Å²) in [4.78, 5) is 25.4. The van der Waals surface area contributed by atoms with Gasteiger partial charge in [0.25, 0.3) is 0 Å². The van der Waals surface area contributed by atoms with Gasteiger partial charge in [-0.1, -0.05) is 159 Å². The molecular weight excluding hydrogens is 749 g/mol. The highest BCUT2D eigenvalue weighted by atomic mass is 16.7. The van der Waals surface area contributed by atoms with Crippen molar-refractivity contribution in [2.75, 3.05) is 19.8 Å². The predicted octanol–water partition coefficient (Wildman–Crippen LogP) is 10.4. The largest absolute Gasteiger partial charge is 0.462 e. The summed E-state index contributed by atoms with van der Waals surface area (Å²) in [6.07, 6.45) is 39.7. The fourth-order valence-corrected chi connectivity index (χ4v) is 6.96. The van der Waals surface area contributed by atoms with Crippen LogP contribution >= 0.6 is 0 Å². The molecule has 0 radical (unpaired) electrons. The molecule has 1 saturated heterocycles. The number of carbonyl (C=O) groups is 2. The molecule has 1 heterocycles. The Morgan fingerprint density at radius 1 is 0.542 bits per heavy atom. The third-order valence-electron chi connectivity index (χ3n) is 10.7. The smallest absolute Gasteiger partial charge is 0.306 e. The maximum absolute atomic E-state index is 12.8. The lowest BCUT2D eigenvalue weighted by Crippen LogP contribution is -2.59. The van der Waals surface area contributed by atoms with Gasteiger partial charge in [-0.3, -0.25) is 9.59 Å². The molecule has 6 atom stereocenters. The molecule has 2 unspecified atom stereocenters. The molecule has 1 fully saturated rings. The van der Waals surface area contributed by atoms with Crippen LogP contribution in [0.1, 0.15) is 194 Å². The van der Waals surface area contributed by atoms with E-state index in [1.807, 2.05) is 0 Å². The van der Waals surface area contributed by atoms with Crippen LogP contribution in [0.2, 0.25) is 0 Å². The molecule has 59 heavy (non-hydrogen) atoms. The summed E-state index contributed by atoms with van der Waals surface area (Å²) >= 11 is 0. The molecule has 0 bridgehead atoms. The van der Waals surface area contributed by atoms with E-state index in [0.717, 1.165) is 77.0 Å². The summed E-state index contributed by atoms with van der Waals surface area (Å²) in [7, 11) is 0. The summed E-state index contributed by atoms with van der Waals surface area (Å²) in [6, 6.07) is 0. The second-order valence-corrected chi connectivity index (χ2v) is 16.2. The standard InChI is InChI=1S/C49H86O10/c1-3-5-7-9-11-13-15-17-19-20-21-22-24-25-27-29-31-33-35-37-44(51)56-40-42(41-57-49-48(55)47(54)46(53)43(39-50)59-49)58-45(52)38-36-34-32-30-28-26-23-18-16-14-12-10-8-6-4-2/h6,8,12,14,17-19,23,42-43,46-50,53-55H,3-5,7,9-11,13,15-16,20-22,24-41H2,1-2H3/b8-6+,14-12+,19-17+,23-18+/t42-,43-,46+,47?,48?,49-/m0/s1. The monoisotopic (exact) mass is 835 g/mol. The van der Waals surface area contributed by atoms with Crippen LogP contribution in [0.15, 0.2) is 48.6 Å². The lowest BCUT2D eigenvalue weighted by molar-refractivity contribution is -0.305. The topological polar surface area (TPSA) is 152 Å². The molecule has 0 amide bonds. The Morgan fingerprint density at radius 2 is 1.00 bits per heavy atom. The normalized spacial score (nSPS) is 20.4. The maximum Gasteiger partial charge on any atom is 0.306 e. The fourth-order valence-electron chi connectivity index (χ4n) is 6.96. The van der Waals surface area contributed by atoms with Gasteiger partial charge in [0, 0.05) is 12.8 Å². The second-order valence-electron chi connectivity index (χ2n) is 16.2. The molecule has 0 saturated carbocycles. The number of aliphatic hydroxyl groups excluding tert-OH is 4. The molecule has 4 N–H and O–H groups in total. The van der Waals surface area contributed by atoms with Crippen LogP contribution in [0.3, 0.4) is 0 Å². The molecule has 1 aliphatic heterocycles. The number of ether oxygens (including phenoxy) is 4. The van der Waals surface area contributed by atoms with Crippen molar-refractivity contribution >= 4 is 11.9 Å². The van der Waals surface area contributed by atoms with E-state index in [4.69, 9.17) is 18.9 Å². The van der Waals surface area contributed by atoms with Crippen LogP contribution in [0, 0.1) is 0 Å². The van der Waals surface area contributed by atoms with Gasteiger partial charge in [0.1, 0.15) is 31.0 Å². The van der Waals surface area contributed by atoms with Crippen LogP contribution < -0.4 is 0 Å². The molecule has 342 valence electrons. The van der Waals surface area contributed by atoms with Crippen LogP contribution in [0.25, 0.3) is 0 Å². The second kappa shape index (κ2) is 39.8. The van der Waals surface area contributed by atoms with E-state index in [1.165, 1.54) is 83.5 Å². The number of hydrogen-bond acceptors (Lipinski definition) is 10. The number of rotatable bonds is 39. The zero-order valence-electron chi connectivity index (χ0n) is 37.2. The minimum Gasteiger partial charge on any atom is -0.462 e. The predicted molar refractivity (Wildman–Crippen MR) is 238 cm³/mol. The van der Waals surface area contributed by atoms with E-state index in [9.17, 15) is 30.0 Å². The van der Waals surface area contributed by atoms with Crippen molar-refractivity contribution < 1.29 is 49.0 Å². The zero-order valence-corrected chi connectivity index (χ0v) is 37.2. The molecule has 10 nitrogen and oxygen atoms in total. The molecule has 0 aromatic carbocycles. The number of carbonyl (C=O) groups excluding carboxylic acids is 2. The van der Waals surface area contributed by atoms with Crippen molar-refractivity contribution in [2.24, 2.45) is 0 Å². The summed E-state index contributed by atoms with van der Waals surface area (Å²) in [5.41, 5.74) is 0. The van der Waals surface area contributed by atoms with E-state index >= 15 is 0 Å². The average molecular weight is 835 g/mol. The zero-order chi connectivity index (χ0) is 43.0. The molecule has 10 heteroatoms. The quantitative estimate of drug-likeness (QED) is 0.0267. The number of aliphatic hydroxyl groups is 4. The van der Waals surface area contributed by atoms with E-state index < -0.39 is 49.4 Å². The number of hydrogen-bond donors (Lipinski definition) is 4. The maximum atomic E-state index is 12.8. The lowest BCUT2D eigenvalue weighted by atomic mass is 9.99. The molecule has 0 aliphatic carbocycles. The highest BCUT2D eigenvalue weighted by Gasteiger charge is 2.44. The Morgan fingerprint density at radius 3 is 1.53 bits per heavy atom. The first-order valence-electron chi connectivity index (χ1n) is 23.7. The fraction of sp³-hybridized carbons (Fsp3) is 0.796. The van der Waals surface area contributed by atoms with Gasteiger partial charge in [-0.25, -0.2) is 0 Å². The van der Waals surface area contributed by atoms with Gasteiger partial charge in [0.15, 0.2) is 12.4 Å². The Bertz CT molecular complexity index is 1100. The summed E-state index contributed by atoms with van der Waals surface area (Å²) in [5, 5.41) is 40.1. The number of unbranched alkanes of at least 4 members (excludes halogenated alkanes) is 20. The Kier molecular flexibility index (Phi) is 36.9. The summed E-state index contributed by atoms with van der Waals surface area (Å²) < 4.78 is 22.2.